The number of unbranched alkanes of at least 4 members (excludes halogenated alkanes) is 14. The fraction of sp³-hybridized carbons (Fsp3) is 0.635. The molecule has 3 atom stereocenters. The lowest BCUT2D eigenvalue weighted by Crippen LogP contribution is -2.34. The molecular formula is C52H86NO10P. The summed E-state index contributed by atoms with van der Waals surface area (Å²) in [6.07, 6.45) is 59.1. The summed E-state index contributed by atoms with van der Waals surface area (Å²) >= 11 is 0. The van der Waals surface area contributed by atoms with Crippen LogP contribution in [0.3, 0.4) is 0 Å². The molecule has 12 heteroatoms. The van der Waals surface area contributed by atoms with Gasteiger partial charge in [0.05, 0.1) is 13.2 Å². The van der Waals surface area contributed by atoms with Crippen LogP contribution >= 0.6 is 7.82 Å². The van der Waals surface area contributed by atoms with Crippen LogP contribution in [-0.2, 0) is 37.5 Å². The quantitative estimate of drug-likeness (QED) is 0.0230. The van der Waals surface area contributed by atoms with Crippen LogP contribution in [0.2, 0.25) is 0 Å². The van der Waals surface area contributed by atoms with Crippen molar-refractivity contribution in [3.63, 3.8) is 0 Å². The Morgan fingerprint density at radius 3 is 1.31 bits per heavy atom. The molecule has 4 N–H and O–H groups in total. The fourth-order valence-corrected chi connectivity index (χ4v) is 6.76. The maximum absolute atomic E-state index is 12.7. The van der Waals surface area contributed by atoms with Crippen LogP contribution in [0.15, 0.2) is 97.2 Å². The van der Waals surface area contributed by atoms with Crippen LogP contribution in [0.1, 0.15) is 181 Å². The summed E-state index contributed by atoms with van der Waals surface area (Å²) in [6, 6.07) is -1.54. The lowest BCUT2D eigenvalue weighted by atomic mass is 10.1. The Morgan fingerprint density at radius 2 is 0.844 bits per heavy atom. The largest absolute Gasteiger partial charge is 0.480 e. The van der Waals surface area contributed by atoms with E-state index in [0.29, 0.717) is 19.3 Å². The van der Waals surface area contributed by atoms with Crippen LogP contribution < -0.4 is 5.73 Å². The summed E-state index contributed by atoms with van der Waals surface area (Å²) in [5, 5.41) is 8.91. The van der Waals surface area contributed by atoms with E-state index in [1.165, 1.54) is 70.6 Å². The smallest absolute Gasteiger partial charge is 0.472 e. The predicted octanol–water partition coefficient (Wildman–Crippen LogP) is 13.6. The van der Waals surface area contributed by atoms with Crippen molar-refractivity contribution in [3.8, 4) is 0 Å². The van der Waals surface area contributed by atoms with E-state index in [2.05, 4.69) is 103 Å². The van der Waals surface area contributed by atoms with Gasteiger partial charge in [0.1, 0.15) is 12.6 Å². The molecule has 0 saturated carbocycles. The highest BCUT2D eigenvalue weighted by Gasteiger charge is 2.28. The Morgan fingerprint density at radius 1 is 0.484 bits per heavy atom. The second kappa shape index (κ2) is 45.9. The summed E-state index contributed by atoms with van der Waals surface area (Å²) < 4.78 is 32.7. The van der Waals surface area contributed by atoms with Crippen molar-refractivity contribution in [2.24, 2.45) is 5.73 Å². The van der Waals surface area contributed by atoms with Crippen molar-refractivity contribution in [1.82, 2.24) is 0 Å². The van der Waals surface area contributed by atoms with Gasteiger partial charge < -0.3 is 25.2 Å². The minimum absolute atomic E-state index is 0.0725. The minimum atomic E-state index is -4.75. The van der Waals surface area contributed by atoms with Crippen LogP contribution in [-0.4, -0.2) is 59.9 Å². The first-order valence-electron chi connectivity index (χ1n) is 24.3. The number of hydrogen-bond acceptors (Lipinski definition) is 9. The molecule has 0 aromatic carbocycles. The van der Waals surface area contributed by atoms with E-state index in [1.54, 1.807) is 0 Å². The first-order valence-corrected chi connectivity index (χ1v) is 25.8. The van der Waals surface area contributed by atoms with Crippen molar-refractivity contribution in [2.75, 3.05) is 19.8 Å². The van der Waals surface area contributed by atoms with Gasteiger partial charge in [0.2, 0.25) is 0 Å². The lowest BCUT2D eigenvalue weighted by molar-refractivity contribution is -0.161. The highest BCUT2D eigenvalue weighted by Crippen LogP contribution is 2.43. The average molecular weight is 916 g/mol. The van der Waals surface area contributed by atoms with Crippen molar-refractivity contribution in [1.29, 1.82) is 0 Å². The van der Waals surface area contributed by atoms with Crippen LogP contribution in [0.5, 0.6) is 0 Å². The number of allylic oxidation sites excluding steroid dienone is 16. The van der Waals surface area contributed by atoms with Gasteiger partial charge in [-0.25, -0.2) is 4.57 Å². The van der Waals surface area contributed by atoms with E-state index in [9.17, 15) is 23.8 Å². The van der Waals surface area contributed by atoms with Crippen LogP contribution in [0.25, 0.3) is 0 Å². The Hall–Kier alpha value is -3.60. The van der Waals surface area contributed by atoms with E-state index < -0.39 is 57.7 Å². The molecule has 0 bridgehead atoms. The van der Waals surface area contributed by atoms with Gasteiger partial charge in [-0.05, 0) is 96.3 Å². The molecule has 0 aliphatic carbocycles. The number of phosphoric acid groups is 1. The van der Waals surface area contributed by atoms with Gasteiger partial charge in [0.25, 0.3) is 0 Å². The van der Waals surface area contributed by atoms with Crippen molar-refractivity contribution in [3.05, 3.63) is 97.2 Å². The Balaban J connectivity index is 4.48. The average Bonchev–Trinajstić information content (AvgIpc) is 3.27. The van der Waals surface area contributed by atoms with E-state index in [4.69, 9.17) is 24.8 Å². The number of aliphatic carboxylic acids is 1. The van der Waals surface area contributed by atoms with Crippen LogP contribution in [0, 0.1) is 0 Å². The molecule has 0 spiro atoms. The maximum Gasteiger partial charge on any atom is 0.472 e. The number of nitrogens with two attached hydrogens (primary N) is 1. The predicted molar refractivity (Wildman–Crippen MR) is 263 cm³/mol. The third kappa shape index (κ3) is 45.0. The fourth-order valence-electron chi connectivity index (χ4n) is 5.98. The van der Waals surface area contributed by atoms with Crippen LogP contribution in [0.4, 0.5) is 0 Å². The highest BCUT2D eigenvalue weighted by atomic mass is 31.2. The lowest BCUT2D eigenvalue weighted by Gasteiger charge is -2.20. The number of carbonyl (C=O) groups is 3. The number of carboxylic acid groups (broad SMARTS) is 1. The molecule has 0 aliphatic heterocycles. The van der Waals surface area contributed by atoms with Gasteiger partial charge in [0, 0.05) is 12.8 Å². The molecule has 0 aromatic heterocycles. The Bertz CT molecular complexity index is 1450. The van der Waals surface area contributed by atoms with E-state index in [1.807, 2.05) is 12.2 Å². The zero-order chi connectivity index (χ0) is 47.0. The zero-order valence-electron chi connectivity index (χ0n) is 39.6. The topological polar surface area (TPSA) is 172 Å². The summed E-state index contributed by atoms with van der Waals surface area (Å²) in [7, 11) is -4.75. The molecule has 1 unspecified atom stereocenters. The van der Waals surface area contributed by atoms with Gasteiger partial charge in [-0.15, -0.1) is 0 Å². The second-order valence-electron chi connectivity index (χ2n) is 15.9. The first-order chi connectivity index (χ1) is 31.1. The molecule has 0 saturated heterocycles. The number of ether oxygens (including phenoxy) is 2. The number of carboxylic acids is 1. The van der Waals surface area contributed by atoms with Gasteiger partial charge >= 0.3 is 25.7 Å². The van der Waals surface area contributed by atoms with E-state index >= 15 is 0 Å². The molecule has 0 aliphatic rings. The summed E-state index contributed by atoms with van der Waals surface area (Å²) in [5.74, 6) is -2.50. The molecule has 64 heavy (non-hydrogen) atoms. The monoisotopic (exact) mass is 916 g/mol. The molecule has 0 amide bonds. The third-order valence-corrected chi connectivity index (χ3v) is 10.8. The van der Waals surface area contributed by atoms with Gasteiger partial charge in [-0.1, -0.05) is 169 Å². The van der Waals surface area contributed by atoms with Crippen molar-refractivity contribution < 1.29 is 47.5 Å². The number of phosphoric ester groups is 1. The number of rotatable bonds is 44. The molecule has 11 nitrogen and oxygen atoms in total. The molecule has 0 aromatic rings. The molecule has 0 fully saturated rings. The summed E-state index contributed by atoms with van der Waals surface area (Å²) in [6.45, 7) is 2.68. The Labute approximate surface area is 387 Å². The standard InChI is InChI=1S/C52H86NO10P/c1-3-5-7-9-11-13-15-17-19-21-23-24-26-28-30-32-34-36-38-40-42-44-51(55)63-48(46-61-64(58,59)62-47-49(53)52(56)57)45-60-50(54)43-41-39-37-35-33-31-29-27-25-22-20-18-16-14-12-10-8-6-4-2/h12,14,18-21,24-27,30-33,36,38,48-49H,3-11,13,15-17,22-23,28-29,34-35,37,39-47,53H2,1-2H3,(H,56,57)(H,58,59)/b14-12+,20-18+,21-19+,26-24+,27-25+,32-30+,33-31+,38-36+/t48-,49+/m1/s1. The molecule has 0 heterocycles. The SMILES string of the molecule is CCCCC/C=C/C/C=C/C/C=C/C/C=C/CCCCCC(=O)OC[C@H](COP(=O)(O)OC[C@H](N)C(=O)O)OC(=O)CCC/C=C/C/C=C/C/C=C/C/C=C/CCCCCCCCC. The van der Waals surface area contributed by atoms with E-state index in [0.717, 1.165) is 64.2 Å². The normalized spacial score (nSPS) is 14.4. The summed E-state index contributed by atoms with van der Waals surface area (Å²) in [5.41, 5.74) is 5.34. The zero-order valence-corrected chi connectivity index (χ0v) is 40.5. The third-order valence-electron chi connectivity index (χ3n) is 9.80. The number of hydrogen-bond donors (Lipinski definition) is 3. The number of carbonyl (C=O) groups excluding carboxylic acids is 2. The maximum atomic E-state index is 12.7. The molecule has 364 valence electrons. The van der Waals surface area contributed by atoms with Crippen molar-refractivity contribution in [2.45, 2.75) is 193 Å². The van der Waals surface area contributed by atoms with Gasteiger partial charge in [-0.3, -0.25) is 23.4 Å². The molecular weight excluding hydrogens is 830 g/mol. The first kappa shape index (κ1) is 60.4. The minimum Gasteiger partial charge on any atom is -0.480 e. The Kier molecular flexibility index (Phi) is 43.4. The van der Waals surface area contributed by atoms with Gasteiger partial charge in [-0.2, -0.15) is 0 Å². The number of esters is 2. The van der Waals surface area contributed by atoms with Gasteiger partial charge in [0.15, 0.2) is 6.10 Å². The van der Waals surface area contributed by atoms with Crippen molar-refractivity contribution >= 4 is 25.7 Å². The highest BCUT2D eigenvalue weighted by molar-refractivity contribution is 7.47. The summed E-state index contributed by atoms with van der Waals surface area (Å²) in [4.78, 5) is 46.1. The molecule has 0 rings (SSSR count). The second-order valence-corrected chi connectivity index (χ2v) is 17.3. The molecule has 0 radical (unpaired) electrons. The van der Waals surface area contributed by atoms with E-state index in [-0.39, 0.29) is 12.8 Å².